The Morgan fingerprint density at radius 1 is 1.37 bits per heavy atom. The van der Waals surface area contributed by atoms with Gasteiger partial charge in [-0.1, -0.05) is 11.6 Å². The fourth-order valence-electron chi connectivity index (χ4n) is 2.26. The molecule has 1 aromatic heterocycles. The average Bonchev–Trinajstić information content (AvgIpc) is 2.75. The maximum Gasteiger partial charge on any atom is 0.266 e. The minimum atomic E-state index is 0.0244. The number of halogens is 1. The number of benzene rings is 1. The highest BCUT2D eigenvalue weighted by atomic mass is 35.5. The molecule has 0 unspecified atom stereocenters. The lowest BCUT2D eigenvalue weighted by Crippen LogP contribution is -2.46. The molecule has 100 valence electrons. The first-order chi connectivity index (χ1) is 9.16. The number of nitrogens with zero attached hydrogens (tertiary/aromatic N) is 1. The third kappa shape index (κ3) is 2.29. The van der Waals surface area contributed by atoms with Crippen LogP contribution in [0.1, 0.15) is 9.67 Å². The molecule has 1 aliphatic heterocycles. The van der Waals surface area contributed by atoms with Gasteiger partial charge >= 0.3 is 0 Å². The van der Waals surface area contributed by atoms with E-state index in [4.69, 9.17) is 17.3 Å². The number of carbonyl (C=O) groups excluding carboxylic acids is 1. The van der Waals surface area contributed by atoms with Crippen LogP contribution < -0.4 is 11.1 Å². The van der Waals surface area contributed by atoms with Crippen molar-refractivity contribution >= 4 is 44.6 Å². The van der Waals surface area contributed by atoms with Gasteiger partial charge in [0.2, 0.25) is 0 Å². The molecule has 0 atom stereocenters. The number of hydrogen-bond acceptors (Lipinski definition) is 4. The molecule has 3 rings (SSSR count). The van der Waals surface area contributed by atoms with Crippen molar-refractivity contribution < 1.29 is 4.79 Å². The molecule has 2 heterocycles. The molecule has 1 aliphatic rings. The summed E-state index contributed by atoms with van der Waals surface area (Å²) in [6.07, 6.45) is 0. The van der Waals surface area contributed by atoms with Crippen LogP contribution in [0.4, 0.5) is 5.69 Å². The van der Waals surface area contributed by atoms with E-state index in [-0.39, 0.29) is 5.91 Å². The van der Waals surface area contributed by atoms with E-state index >= 15 is 0 Å². The van der Waals surface area contributed by atoms with Crippen molar-refractivity contribution in [3.8, 4) is 0 Å². The molecule has 0 aliphatic carbocycles. The van der Waals surface area contributed by atoms with E-state index in [9.17, 15) is 4.79 Å². The summed E-state index contributed by atoms with van der Waals surface area (Å²) >= 11 is 7.39. The van der Waals surface area contributed by atoms with Gasteiger partial charge in [0, 0.05) is 41.3 Å². The molecule has 1 fully saturated rings. The number of carbonyl (C=O) groups is 1. The number of hydrogen-bond donors (Lipinski definition) is 2. The van der Waals surface area contributed by atoms with E-state index in [0.717, 1.165) is 36.3 Å². The van der Waals surface area contributed by atoms with Crippen molar-refractivity contribution in [2.45, 2.75) is 0 Å². The fraction of sp³-hybridized carbons (Fsp3) is 0.308. The van der Waals surface area contributed by atoms with Crippen molar-refractivity contribution in [2.75, 3.05) is 31.9 Å². The SMILES string of the molecule is Nc1c(C(=O)N2CCNCC2)sc2cc(Cl)ccc12. The van der Waals surface area contributed by atoms with E-state index < -0.39 is 0 Å². The minimum Gasteiger partial charge on any atom is -0.397 e. The monoisotopic (exact) mass is 295 g/mol. The van der Waals surface area contributed by atoms with Crippen LogP contribution in [0.3, 0.4) is 0 Å². The largest absolute Gasteiger partial charge is 0.397 e. The summed E-state index contributed by atoms with van der Waals surface area (Å²) < 4.78 is 0.962. The average molecular weight is 296 g/mol. The predicted molar refractivity (Wildman–Crippen MR) is 80.0 cm³/mol. The van der Waals surface area contributed by atoms with Gasteiger partial charge in [-0.05, 0) is 18.2 Å². The lowest BCUT2D eigenvalue weighted by atomic mass is 10.2. The zero-order valence-electron chi connectivity index (χ0n) is 10.3. The number of fused-ring (bicyclic) bond motifs is 1. The first-order valence-corrected chi connectivity index (χ1v) is 7.34. The summed E-state index contributed by atoms with van der Waals surface area (Å²) in [7, 11) is 0. The maximum atomic E-state index is 12.5. The number of rotatable bonds is 1. The molecular weight excluding hydrogens is 282 g/mol. The third-order valence-corrected chi connectivity index (χ3v) is 4.68. The topological polar surface area (TPSA) is 58.4 Å². The Morgan fingerprint density at radius 3 is 2.84 bits per heavy atom. The lowest BCUT2D eigenvalue weighted by Gasteiger charge is -2.27. The Labute approximate surface area is 120 Å². The molecule has 0 saturated carbocycles. The van der Waals surface area contributed by atoms with Crippen LogP contribution in [0.25, 0.3) is 10.1 Å². The van der Waals surface area contributed by atoms with Gasteiger partial charge in [-0.15, -0.1) is 11.3 Å². The first kappa shape index (κ1) is 12.7. The second-order valence-electron chi connectivity index (χ2n) is 4.53. The number of nitrogens with one attached hydrogen (secondary N) is 1. The van der Waals surface area contributed by atoms with Crippen molar-refractivity contribution in [1.29, 1.82) is 0 Å². The van der Waals surface area contributed by atoms with Gasteiger partial charge in [-0.2, -0.15) is 0 Å². The summed E-state index contributed by atoms with van der Waals surface area (Å²) in [5.74, 6) is 0.0244. The Kier molecular flexibility index (Phi) is 3.35. The quantitative estimate of drug-likeness (QED) is 0.848. The normalized spacial score (nSPS) is 15.9. The minimum absolute atomic E-state index is 0.0244. The van der Waals surface area contributed by atoms with Gasteiger partial charge in [-0.25, -0.2) is 0 Å². The van der Waals surface area contributed by atoms with E-state index in [1.165, 1.54) is 11.3 Å². The highest BCUT2D eigenvalue weighted by Crippen LogP contribution is 2.35. The smallest absolute Gasteiger partial charge is 0.266 e. The number of anilines is 1. The van der Waals surface area contributed by atoms with Crippen LogP contribution in [0.15, 0.2) is 18.2 Å². The van der Waals surface area contributed by atoms with Crippen LogP contribution in [0.5, 0.6) is 0 Å². The summed E-state index contributed by atoms with van der Waals surface area (Å²) in [6.45, 7) is 3.13. The van der Waals surface area contributed by atoms with Crippen LogP contribution in [-0.2, 0) is 0 Å². The number of nitrogens with two attached hydrogens (primary N) is 1. The second-order valence-corrected chi connectivity index (χ2v) is 6.02. The van der Waals surface area contributed by atoms with E-state index in [1.54, 1.807) is 6.07 Å². The Bertz CT molecular complexity index is 634. The Hall–Kier alpha value is -1.30. The molecule has 4 nitrogen and oxygen atoms in total. The molecule has 0 radical (unpaired) electrons. The third-order valence-electron chi connectivity index (χ3n) is 3.29. The Morgan fingerprint density at radius 2 is 2.11 bits per heavy atom. The lowest BCUT2D eigenvalue weighted by molar-refractivity contribution is 0.0742. The molecule has 19 heavy (non-hydrogen) atoms. The molecule has 3 N–H and O–H groups in total. The van der Waals surface area contributed by atoms with Gasteiger partial charge in [0.1, 0.15) is 4.88 Å². The molecule has 1 amide bonds. The van der Waals surface area contributed by atoms with Crippen LogP contribution in [-0.4, -0.2) is 37.0 Å². The first-order valence-electron chi connectivity index (χ1n) is 6.14. The Balaban J connectivity index is 2.00. The van der Waals surface area contributed by atoms with Gasteiger partial charge in [-0.3, -0.25) is 4.79 Å². The molecule has 2 aromatic rings. The summed E-state index contributed by atoms with van der Waals surface area (Å²) in [5, 5.41) is 4.80. The van der Waals surface area contributed by atoms with Crippen LogP contribution >= 0.6 is 22.9 Å². The van der Waals surface area contributed by atoms with Gasteiger partial charge in [0.05, 0.1) is 5.69 Å². The van der Waals surface area contributed by atoms with Gasteiger partial charge in [0.15, 0.2) is 0 Å². The number of amides is 1. The zero-order valence-corrected chi connectivity index (χ0v) is 11.9. The highest BCUT2D eigenvalue weighted by molar-refractivity contribution is 7.21. The molecule has 0 bridgehead atoms. The fourth-order valence-corrected chi connectivity index (χ4v) is 3.63. The summed E-state index contributed by atoms with van der Waals surface area (Å²) in [5.41, 5.74) is 6.67. The van der Waals surface area contributed by atoms with Crippen LogP contribution in [0.2, 0.25) is 5.02 Å². The maximum absolute atomic E-state index is 12.5. The van der Waals surface area contributed by atoms with Gasteiger partial charge < -0.3 is 16.0 Å². The van der Waals surface area contributed by atoms with Crippen molar-refractivity contribution in [3.63, 3.8) is 0 Å². The van der Waals surface area contributed by atoms with E-state index in [1.807, 2.05) is 17.0 Å². The highest BCUT2D eigenvalue weighted by Gasteiger charge is 2.23. The standard InChI is InChI=1S/C13H14ClN3OS/c14-8-1-2-9-10(7-8)19-12(11(9)15)13(18)17-5-3-16-4-6-17/h1-2,7,16H,3-6,15H2. The summed E-state index contributed by atoms with van der Waals surface area (Å²) in [6, 6.07) is 5.52. The van der Waals surface area contributed by atoms with Crippen LogP contribution in [0, 0.1) is 0 Å². The molecular formula is C13H14ClN3OS. The molecule has 1 saturated heterocycles. The summed E-state index contributed by atoms with van der Waals surface area (Å²) in [4.78, 5) is 14.9. The van der Waals surface area contributed by atoms with Gasteiger partial charge in [0.25, 0.3) is 5.91 Å². The number of thiophene rings is 1. The second kappa shape index (κ2) is 5.00. The number of piperazine rings is 1. The van der Waals surface area contributed by atoms with Crippen molar-refractivity contribution in [1.82, 2.24) is 10.2 Å². The van der Waals surface area contributed by atoms with E-state index in [2.05, 4.69) is 5.32 Å². The zero-order chi connectivity index (χ0) is 13.4. The van der Waals surface area contributed by atoms with Crippen molar-refractivity contribution in [2.24, 2.45) is 0 Å². The van der Waals surface area contributed by atoms with E-state index in [0.29, 0.717) is 15.6 Å². The molecule has 0 spiro atoms. The molecule has 1 aromatic carbocycles. The van der Waals surface area contributed by atoms with Crippen molar-refractivity contribution in [3.05, 3.63) is 28.1 Å². The predicted octanol–water partition coefficient (Wildman–Crippen LogP) is 2.18. The number of nitrogen functional groups attached to an aromatic ring is 1. The molecule has 6 heteroatoms.